The molecule has 224 valence electrons. The third kappa shape index (κ3) is 9.90. The van der Waals surface area contributed by atoms with E-state index in [1.165, 1.54) is 0 Å². The second kappa shape index (κ2) is 15.4. The van der Waals surface area contributed by atoms with Gasteiger partial charge in [0.25, 0.3) is 0 Å². The standard InChI is InChI=1S/C27H37N5O9/c1-3-14(2)23(32-24(37)17(28)12-15-13-29-18-7-5-4-6-16(15)18)26(39)30-19(8-10-21(33)34)25(38)31-20(27(40)41)9-11-22(35)36/h4-7,13-14,17,19-20,23,29H,3,8-12,28H2,1-2H3,(H,30,39)(H,31,38)(H,32,37)(H,33,34)(H,35,36)(H,40,41). The Morgan fingerprint density at radius 3 is 2.02 bits per heavy atom. The van der Waals surface area contributed by atoms with E-state index in [0.717, 1.165) is 16.5 Å². The molecular weight excluding hydrogens is 538 g/mol. The number of amides is 3. The number of para-hydroxylation sites is 1. The van der Waals surface area contributed by atoms with Crippen LogP contribution in [0.25, 0.3) is 10.9 Å². The molecule has 0 aliphatic rings. The first kappa shape index (κ1) is 32.8. The minimum Gasteiger partial charge on any atom is -0.481 e. The summed E-state index contributed by atoms with van der Waals surface area (Å²) in [6.07, 6.45) is 0.531. The number of H-pyrrole nitrogens is 1. The monoisotopic (exact) mass is 575 g/mol. The SMILES string of the molecule is CCC(C)C(NC(=O)C(N)Cc1c[nH]c2ccccc12)C(=O)NC(CCC(=O)O)C(=O)NC(CCC(=O)O)C(=O)O. The molecule has 0 fully saturated rings. The number of benzene rings is 1. The maximum Gasteiger partial charge on any atom is 0.326 e. The fourth-order valence-electron chi connectivity index (χ4n) is 4.19. The van der Waals surface area contributed by atoms with Gasteiger partial charge in [0.05, 0.1) is 6.04 Å². The lowest BCUT2D eigenvalue weighted by molar-refractivity contribution is -0.144. The molecule has 14 nitrogen and oxygen atoms in total. The van der Waals surface area contributed by atoms with Crippen molar-refractivity contribution in [2.24, 2.45) is 11.7 Å². The van der Waals surface area contributed by atoms with E-state index in [9.17, 15) is 33.9 Å². The van der Waals surface area contributed by atoms with Gasteiger partial charge in [-0.2, -0.15) is 0 Å². The zero-order valence-electron chi connectivity index (χ0n) is 22.9. The average Bonchev–Trinajstić information content (AvgIpc) is 3.33. The van der Waals surface area contributed by atoms with E-state index in [1.54, 1.807) is 20.0 Å². The molecule has 0 aliphatic heterocycles. The molecule has 0 bridgehead atoms. The maximum absolute atomic E-state index is 13.3. The van der Waals surface area contributed by atoms with E-state index in [0.29, 0.717) is 6.42 Å². The van der Waals surface area contributed by atoms with Gasteiger partial charge in [0, 0.05) is 29.9 Å². The van der Waals surface area contributed by atoms with Crippen LogP contribution in [0.2, 0.25) is 0 Å². The van der Waals surface area contributed by atoms with Crippen LogP contribution in [-0.2, 0) is 35.2 Å². The first-order valence-electron chi connectivity index (χ1n) is 13.2. The topological polar surface area (TPSA) is 241 Å². The van der Waals surface area contributed by atoms with Gasteiger partial charge in [-0.1, -0.05) is 38.5 Å². The minimum absolute atomic E-state index is 0.182. The molecule has 1 aromatic heterocycles. The summed E-state index contributed by atoms with van der Waals surface area (Å²) in [7, 11) is 0. The Bertz CT molecular complexity index is 1260. The molecule has 5 unspecified atom stereocenters. The Labute approximate surface area is 236 Å². The predicted octanol–water partition coefficient (Wildman–Crippen LogP) is 0.352. The molecule has 0 saturated carbocycles. The average molecular weight is 576 g/mol. The summed E-state index contributed by atoms with van der Waals surface area (Å²) in [5, 5.41) is 35.4. The molecule has 0 radical (unpaired) electrons. The molecule has 1 aromatic carbocycles. The molecular formula is C27H37N5O9. The zero-order valence-corrected chi connectivity index (χ0v) is 22.9. The molecule has 0 spiro atoms. The first-order chi connectivity index (χ1) is 19.3. The van der Waals surface area contributed by atoms with Crippen LogP contribution in [0.5, 0.6) is 0 Å². The molecule has 0 aliphatic carbocycles. The van der Waals surface area contributed by atoms with Gasteiger partial charge in [0.2, 0.25) is 17.7 Å². The summed E-state index contributed by atoms with van der Waals surface area (Å²) in [5.74, 6) is -6.81. The second-order valence-electron chi connectivity index (χ2n) is 9.87. The van der Waals surface area contributed by atoms with Crippen LogP contribution in [0, 0.1) is 5.92 Å². The van der Waals surface area contributed by atoms with Crippen LogP contribution in [0.3, 0.4) is 0 Å². The highest BCUT2D eigenvalue weighted by molar-refractivity contribution is 5.94. The number of hydrogen-bond donors (Lipinski definition) is 8. The second-order valence-corrected chi connectivity index (χ2v) is 9.87. The van der Waals surface area contributed by atoms with Gasteiger partial charge in [-0.3, -0.25) is 24.0 Å². The smallest absolute Gasteiger partial charge is 0.326 e. The Balaban J connectivity index is 2.16. The summed E-state index contributed by atoms with van der Waals surface area (Å²) < 4.78 is 0. The molecule has 3 amide bonds. The van der Waals surface area contributed by atoms with Crippen molar-refractivity contribution in [3.05, 3.63) is 36.0 Å². The number of aromatic nitrogens is 1. The summed E-state index contributed by atoms with van der Waals surface area (Å²) in [4.78, 5) is 75.8. The van der Waals surface area contributed by atoms with E-state index >= 15 is 0 Å². The highest BCUT2D eigenvalue weighted by Crippen LogP contribution is 2.19. The minimum atomic E-state index is -1.57. The van der Waals surface area contributed by atoms with Crippen LogP contribution >= 0.6 is 0 Å². The molecule has 41 heavy (non-hydrogen) atoms. The van der Waals surface area contributed by atoms with Crippen LogP contribution in [0.15, 0.2) is 30.5 Å². The molecule has 5 atom stereocenters. The van der Waals surface area contributed by atoms with Crippen molar-refractivity contribution in [2.75, 3.05) is 0 Å². The normalized spacial score (nSPS) is 14.7. The van der Waals surface area contributed by atoms with E-state index in [4.69, 9.17) is 15.9 Å². The van der Waals surface area contributed by atoms with Crippen molar-refractivity contribution in [3.8, 4) is 0 Å². The number of fused-ring (bicyclic) bond motifs is 1. The quantitative estimate of drug-likeness (QED) is 0.129. The molecule has 2 rings (SSSR count). The van der Waals surface area contributed by atoms with E-state index < -0.39 is 85.0 Å². The number of nitrogens with two attached hydrogens (primary N) is 1. The van der Waals surface area contributed by atoms with Crippen molar-refractivity contribution >= 4 is 46.5 Å². The summed E-state index contributed by atoms with van der Waals surface area (Å²) >= 11 is 0. The first-order valence-corrected chi connectivity index (χ1v) is 13.2. The molecule has 1 heterocycles. The highest BCUT2D eigenvalue weighted by atomic mass is 16.4. The van der Waals surface area contributed by atoms with Gasteiger partial charge in [-0.25, -0.2) is 4.79 Å². The largest absolute Gasteiger partial charge is 0.481 e. The van der Waals surface area contributed by atoms with Gasteiger partial charge in [-0.15, -0.1) is 0 Å². The number of carboxylic acid groups (broad SMARTS) is 3. The van der Waals surface area contributed by atoms with Crippen molar-refractivity contribution in [1.82, 2.24) is 20.9 Å². The predicted molar refractivity (Wildman–Crippen MR) is 147 cm³/mol. The number of carboxylic acids is 3. The van der Waals surface area contributed by atoms with Gasteiger partial charge in [-0.05, 0) is 36.8 Å². The van der Waals surface area contributed by atoms with E-state index in [2.05, 4.69) is 20.9 Å². The number of carbonyl (C=O) groups is 6. The third-order valence-corrected chi connectivity index (χ3v) is 6.79. The number of carbonyl (C=O) groups excluding carboxylic acids is 3. The van der Waals surface area contributed by atoms with Crippen LogP contribution in [0.4, 0.5) is 0 Å². The van der Waals surface area contributed by atoms with Gasteiger partial charge in [0.1, 0.15) is 18.1 Å². The van der Waals surface area contributed by atoms with Crippen LogP contribution in [-0.4, -0.2) is 80.1 Å². The Hall–Kier alpha value is -4.46. The summed E-state index contributed by atoms with van der Waals surface area (Å²) in [6.45, 7) is 3.49. The lowest BCUT2D eigenvalue weighted by atomic mass is 9.96. The fourth-order valence-corrected chi connectivity index (χ4v) is 4.19. The Kier molecular flexibility index (Phi) is 12.3. The third-order valence-electron chi connectivity index (χ3n) is 6.79. The lowest BCUT2D eigenvalue weighted by Gasteiger charge is -2.28. The van der Waals surface area contributed by atoms with Crippen molar-refractivity contribution < 1.29 is 44.1 Å². The van der Waals surface area contributed by atoms with Crippen molar-refractivity contribution in [2.45, 2.75) is 76.5 Å². The Morgan fingerprint density at radius 1 is 0.854 bits per heavy atom. The van der Waals surface area contributed by atoms with Crippen LogP contribution in [0.1, 0.15) is 51.5 Å². The highest BCUT2D eigenvalue weighted by Gasteiger charge is 2.33. The lowest BCUT2D eigenvalue weighted by Crippen LogP contribution is -2.58. The maximum atomic E-state index is 13.3. The van der Waals surface area contributed by atoms with E-state index in [-0.39, 0.29) is 12.8 Å². The number of aromatic amines is 1. The molecule has 9 N–H and O–H groups in total. The van der Waals surface area contributed by atoms with E-state index in [1.807, 2.05) is 24.3 Å². The molecule has 14 heteroatoms. The summed E-state index contributed by atoms with van der Waals surface area (Å²) in [5.41, 5.74) is 7.86. The zero-order chi connectivity index (χ0) is 30.7. The van der Waals surface area contributed by atoms with Crippen LogP contribution < -0.4 is 21.7 Å². The number of hydrogen-bond acceptors (Lipinski definition) is 7. The number of rotatable bonds is 17. The molecule has 0 saturated heterocycles. The van der Waals surface area contributed by atoms with Gasteiger partial charge >= 0.3 is 17.9 Å². The van der Waals surface area contributed by atoms with Crippen molar-refractivity contribution in [1.29, 1.82) is 0 Å². The Morgan fingerprint density at radius 2 is 1.44 bits per heavy atom. The number of aliphatic carboxylic acids is 3. The summed E-state index contributed by atoms with van der Waals surface area (Å²) in [6, 6.07) is 2.32. The fraction of sp³-hybridized carbons (Fsp3) is 0.481. The van der Waals surface area contributed by atoms with Crippen molar-refractivity contribution in [3.63, 3.8) is 0 Å². The number of nitrogens with one attached hydrogen (secondary N) is 4. The molecule has 2 aromatic rings. The van der Waals surface area contributed by atoms with Gasteiger partial charge in [0.15, 0.2) is 0 Å². The van der Waals surface area contributed by atoms with Gasteiger partial charge < -0.3 is 42.0 Å².